The summed E-state index contributed by atoms with van der Waals surface area (Å²) in [5.74, 6) is -0.153. The molecule has 0 saturated carbocycles. The van der Waals surface area contributed by atoms with Gasteiger partial charge in [0.25, 0.3) is 5.91 Å². The molecule has 2 heterocycles. The molecule has 0 spiro atoms. The smallest absolute Gasteiger partial charge is 0.252 e. The summed E-state index contributed by atoms with van der Waals surface area (Å²) in [6.07, 6.45) is 4.00. The van der Waals surface area contributed by atoms with Crippen LogP contribution in [0.1, 0.15) is 21.5 Å². The van der Waals surface area contributed by atoms with E-state index in [4.69, 9.17) is 11.6 Å². The summed E-state index contributed by atoms with van der Waals surface area (Å²) >= 11 is 6.00. The lowest BCUT2D eigenvalue weighted by atomic mass is 9.94. The molecule has 1 aliphatic heterocycles. The fraction of sp³-hybridized carbons (Fsp3) is 0.294. The van der Waals surface area contributed by atoms with Gasteiger partial charge < -0.3 is 5.32 Å². The van der Waals surface area contributed by atoms with Crippen molar-refractivity contribution in [1.29, 1.82) is 0 Å². The Morgan fingerprint density at radius 3 is 2.91 bits per heavy atom. The van der Waals surface area contributed by atoms with E-state index in [0.717, 1.165) is 13.0 Å². The molecule has 1 N–H and O–H groups in total. The minimum absolute atomic E-state index is 0.153. The molecule has 114 valence electrons. The van der Waals surface area contributed by atoms with E-state index in [9.17, 15) is 4.79 Å². The fourth-order valence-electron chi connectivity index (χ4n) is 2.81. The maximum atomic E-state index is 12.2. The topological polar surface area (TPSA) is 45.2 Å². The Labute approximate surface area is 135 Å². The van der Waals surface area contributed by atoms with Crippen molar-refractivity contribution in [3.63, 3.8) is 0 Å². The van der Waals surface area contributed by atoms with E-state index in [0.29, 0.717) is 23.2 Å². The summed E-state index contributed by atoms with van der Waals surface area (Å²) in [4.78, 5) is 18.4. The number of nitrogens with one attached hydrogen (secondary N) is 1. The number of carbonyl (C=O) groups excluding carboxylic acids is 1. The van der Waals surface area contributed by atoms with E-state index in [1.165, 1.54) is 17.3 Å². The van der Waals surface area contributed by atoms with Crippen LogP contribution in [-0.4, -0.2) is 35.4 Å². The Morgan fingerprint density at radius 2 is 2.14 bits per heavy atom. The molecule has 5 heteroatoms. The van der Waals surface area contributed by atoms with Gasteiger partial charge in [-0.15, -0.1) is 0 Å². The molecule has 0 radical (unpaired) electrons. The molecule has 1 aliphatic rings. The van der Waals surface area contributed by atoms with Gasteiger partial charge in [-0.05, 0) is 30.7 Å². The van der Waals surface area contributed by atoms with Crippen LogP contribution >= 0.6 is 11.6 Å². The zero-order valence-corrected chi connectivity index (χ0v) is 13.2. The Hall–Kier alpha value is -1.91. The monoisotopic (exact) mass is 315 g/mol. The van der Waals surface area contributed by atoms with Crippen LogP contribution in [0.25, 0.3) is 0 Å². The number of nitrogens with zero attached hydrogens (tertiary/aromatic N) is 2. The maximum absolute atomic E-state index is 12.2. The van der Waals surface area contributed by atoms with Crippen LogP contribution in [0.2, 0.25) is 5.02 Å². The Kier molecular flexibility index (Phi) is 4.41. The summed E-state index contributed by atoms with van der Waals surface area (Å²) in [5, 5.41) is 3.36. The van der Waals surface area contributed by atoms with Crippen molar-refractivity contribution in [1.82, 2.24) is 15.2 Å². The average molecular weight is 316 g/mol. The fourth-order valence-corrected chi connectivity index (χ4v) is 3.02. The van der Waals surface area contributed by atoms with Gasteiger partial charge in [0.05, 0.1) is 10.6 Å². The van der Waals surface area contributed by atoms with Crippen molar-refractivity contribution in [3.05, 3.63) is 64.4 Å². The number of halogens is 1. The molecule has 0 bridgehead atoms. The summed E-state index contributed by atoms with van der Waals surface area (Å²) in [5.41, 5.74) is 3.20. The van der Waals surface area contributed by atoms with Crippen LogP contribution in [0.4, 0.5) is 0 Å². The number of pyridine rings is 1. The van der Waals surface area contributed by atoms with E-state index >= 15 is 0 Å². The SMILES string of the molecule is CN1Cc2ccccc2C[C@@H]1CNC(=O)c1ccncc1Cl. The second-order valence-corrected chi connectivity index (χ2v) is 6.01. The lowest BCUT2D eigenvalue weighted by Gasteiger charge is -2.34. The standard InChI is InChI=1S/C17H18ClN3O/c1-21-11-13-5-3-2-4-12(13)8-14(21)9-20-17(22)15-6-7-19-10-16(15)18/h2-7,10,14H,8-9,11H2,1H3,(H,20,22)/t14-/m1/s1. The number of likely N-dealkylation sites (N-methyl/N-ethyl adjacent to an activating group) is 1. The summed E-state index contributed by atoms with van der Waals surface area (Å²) in [6, 6.07) is 10.4. The van der Waals surface area contributed by atoms with Gasteiger partial charge in [-0.2, -0.15) is 0 Å². The minimum atomic E-state index is -0.153. The third kappa shape index (κ3) is 3.13. The number of benzene rings is 1. The third-order valence-electron chi connectivity index (χ3n) is 4.13. The molecule has 3 rings (SSSR count). The highest BCUT2D eigenvalue weighted by Gasteiger charge is 2.23. The first-order valence-electron chi connectivity index (χ1n) is 7.30. The van der Waals surface area contributed by atoms with Gasteiger partial charge >= 0.3 is 0 Å². The Morgan fingerprint density at radius 1 is 1.36 bits per heavy atom. The first kappa shape index (κ1) is 15.0. The van der Waals surface area contributed by atoms with Crippen LogP contribution in [0.3, 0.4) is 0 Å². The molecule has 0 aliphatic carbocycles. The molecule has 22 heavy (non-hydrogen) atoms. The summed E-state index contributed by atoms with van der Waals surface area (Å²) in [7, 11) is 2.09. The van der Waals surface area contributed by atoms with Gasteiger partial charge in [-0.25, -0.2) is 0 Å². The Balaban J connectivity index is 1.65. The molecule has 0 saturated heterocycles. The molecule has 0 unspecified atom stereocenters. The normalized spacial score (nSPS) is 17.8. The molecule has 0 fully saturated rings. The maximum Gasteiger partial charge on any atom is 0.252 e. The second-order valence-electron chi connectivity index (χ2n) is 5.61. The number of fused-ring (bicyclic) bond motifs is 1. The van der Waals surface area contributed by atoms with Crippen molar-refractivity contribution in [2.75, 3.05) is 13.6 Å². The van der Waals surface area contributed by atoms with Gasteiger partial charge in [-0.3, -0.25) is 14.7 Å². The van der Waals surface area contributed by atoms with Crippen molar-refractivity contribution in [2.45, 2.75) is 19.0 Å². The third-order valence-corrected chi connectivity index (χ3v) is 4.43. The molecular weight excluding hydrogens is 298 g/mol. The predicted molar refractivity (Wildman–Crippen MR) is 87.0 cm³/mol. The van der Waals surface area contributed by atoms with Crippen LogP contribution in [-0.2, 0) is 13.0 Å². The van der Waals surface area contributed by atoms with Gasteiger partial charge in [0, 0.05) is 31.5 Å². The van der Waals surface area contributed by atoms with E-state index in [1.807, 2.05) is 0 Å². The predicted octanol–water partition coefficient (Wildman–Crippen LogP) is 2.52. The Bertz CT molecular complexity index is 689. The van der Waals surface area contributed by atoms with Crippen molar-refractivity contribution >= 4 is 17.5 Å². The lowest BCUT2D eigenvalue weighted by Crippen LogP contribution is -2.45. The largest absolute Gasteiger partial charge is 0.350 e. The number of rotatable bonds is 3. The first-order valence-corrected chi connectivity index (χ1v) is 7.67. The van der Waals surface area contributed by atoms with Gasteiger partial charge in [0.15, 0.2) is 0 Å². The van der Waals surface area contributed by atoms with Crippen LogP contribution in [0.15, 0.2) is 42.7 Å². The second kappa shape index (κ2) is 6.46. The molecular formula is C17H18ClN3O. The van der Waals surface area contributed by atoms with E-state index in [2.05, 4.69) is 46.5 Å². The molecule has 1 atom stereocenters. The van der Waals surface area contributed by atoms with E-state index < -0.39 is 0 Å². The summed E-state index contributed by atoms with van der Waals surface area (Å²) in [6.45, 7) is 1.51. The number of aromatic nitrogens is 1. The average Bonchev–Trinajstić information content (AvgIpc) is 2.53. The quantitative estimate of drug-likeness (QED) is 0.946. The van der Waals surface area contributed by atoms with Gasteiger partial charge in [-0.1, -0.05) is 35.9 Å². The number of hydrogen-bond donors (Lipinski definition) is 1. The minimum Gasteiger partial charge on any atom is -0.350 e. The van der Waals surface area contributed by atoms with Gasteiger partial charge in [0.2, 0.25) is 0 Å². The molecule has 1 amide bonds. The zero-order valence-electron chi connectivity index (χ0n) is 12.4. The zero-order chi connectivity index (χ0) is 15.5. The lowest BCUT2D eigenvalue weighted by molar-refractivity contribution is 0.0934. The first-order chi connectivity index (χ1) is 10.6. The van der Waals surface area contributed by atoms with E-state index in [-0.39, 0.29) is 5.91 Å². The van der Waals surface area contributed by atoms with Crippen molar-refractivity contribution in [2.24, 2.45) is 0 Å². The molecule has 2 aromatic rings. The van der Waals surface area contributed by atoms with E-state index in [1.54, 1.807) is 12.3 Å². The highest BCUT2D eigenvalue weighted by atomic mass is 35.5. The van der Waals surface area contributed by atoms with Crippen LogP contribution < -0.4 is 5.32 Å². The summed E-state index contributed by atoms with van der Waals surface area (Å²) < 4.78 is 0. The number of amides is 1. The number of hydrogen-bond acceptors (Lipinski definition) is 3. The number of carbonyl (C=O) groups is 1. The highest BCUT2D eigenvalue weighted by molar-refractivity contribution is 6.33. The molecule has 1 aromatic carbocycles. The molecule has 1 aromatic heterocycles. The highest BCUT2D eigenvalue weighted by Crippen LogP contribution is 2.21. The van der Waals surface area contributed by atoms with Crippen LogP contribution in [0.5, 0.6) is 0 Å². The molecule has 4 nitrogen and oxygen atoms in total. The van der Waals surface area contributed by atoms with Crippen molar-refractivity contribution in [3.8, 4) is 0 Å². The van der Waals surface area contributed by atoms with Crippen LogP contribution in [0, 0.1) is 0 Å². The van der Waals surface area contributed by atoms with Crippen molar-refractivity contribution < 1.29 is 4.79 Å². The van der Waals surface area contributed by atoms with Gasteiger partial charge in [0.1, 0.15) is 0 Å².